The Labute approximate surface area is 300 Å². The van der Waals surface area contributed by atoms with Crippen LogP contribution in [0.3, 0.4) is 0 Å². The lowest BCUT2D eigenvalue weighted by molar-refractivity contribution is 0.670. The van der Waals surface area contributed by atoms with E-state index < -0.39 is 0 Å². The number of nitrogens with zero attached hydrogens (tertiary/aromatic N) is 1. The SMILES string of the molecule is c1ccc(-c2ccc(N(c3ccccc3)c3ccc(-c4ccccc4-c4ccc5c(c4)sc4ccccc45)c4oc5ccccc5c34)cc2)cc1. The summed E-state index contributed by atoms with van der Waals surface area (Å²) in [5.41, 5.74) is 12.0. The number of hydrogen-bond acceptors (Lipinski definition) is 3. The van der Waals surface area contributed by atoms with Crippen molar-refractivity contribution in [3.63, 3.8) is 0 Å². The lowest BCUT2D eigenvalue weighted by Crippen LogP contribution is -2.10. The van der Waals surface area contributed by atoms with Gasteiger partial charge in [-0.15, -0.1) is 11.3 Å². The van der Waals surface area contributed by atoms with Crippen molar-refractivity contribution < 1.29 is 4.42 Å². The van der Waals surface area contributed by atoms with Gasteiger partial charge in [-0.05, 0) is 82.4 Å². The lowest BCUT2D eigenvalue weighted by atomic mass is 9.92. The van der Waals surface area contributed by atoms with E-state index in [-0.39, 0.29) is 0 Å². The van der Waals surface area contributed by atoms with Crippen LogP contribution in [0.4, 0.5) is 17.1 Å². The molecule has 0 radical (unpaired) electrons. The molecular weight excluding hydrogens is 639 g/mol. The molecule has 51 heavy (non-hydrogen) atoms. The maximum atomic E-state index is 6.85. The number of benzene rings is 8. The third-order valence-electron chi connectivity index (χ3n) is 9.90. The van der Waals surface area contributed by atoms with Gasteiger partial charge in [-0.2, -0.15) is 0 Å². The fourth-order valence-corrected chi connectivity index (χ4v) is 8.66. The number of para-hydroxylation sites is 2. The van der Waals surface area contributed by atoms with Gasteiger partial charge in [0.1, 0.15) is 11.2 Å². The minimum absolute atomic E-state index is 0.873. The monoisotopic (exact) mass is 669 g/mol. The van der Waals surface area contributed by atoms with Gasteiger partial charge >= 0.3 is 0 Å². The van der Waals surface area contributed by atoms with Gasteiger partial charge in [-0.3, -0.25) is 0 Å². The first-order chi connectivity index (χ1) is 25.3. The van der Waals surface area contributed by atoms with Crippen molar-refractivity contribution in [2.45, 2.75) is 0 Å². The van der Waals surface area contributed by atoms with E-state index in [0.29, 0.717) is 0 Å². The van der Waals surface area contributed by atoms with Crippen molar-refractivity contribution >= 4 is 70.5 Å². The molecule has 0 atom stereocenters. The number of anilines is 3. The number of fused-ring (bicyclic) bond motifs is 6. The van der Waals surface area contributed by atoms with E-state index in [1.807, 2.05) is 11.3 Å². The Bertz CT molecular complexity index is 2850. The topological polar surface area (TPSA) is 16.4 Å². The summed E-state index contributed by atoms with van der Waals surface area (Å²) in [7, 11) is 0. The fourth-order valence-electron chi connectivity index (χ4n) is 7.51. The van der Waals surface area contributed by atoms with Gasteiger partial charge in [-0.25, -0.2) is 0 Å². The van der Waals surface area contributed by atoms with Crippen molar-refractivity contribution in [2.75, 3.05) is 4.90 Å². The van der Waals surface area contributed by atoms with Gasteiger partial charge in [0.05, 0.1) is 11.1 Å². The third-order valence-corrected chi connectivity index (χ3v) is 11.0. The average Bonchev–Trinajstić information content (AvgIpc) is 3.78. The lowest BCUT2D eigenvalue weighted by Gasteiger charge is -2.27. The normalized spacial score (nSPS) is 11.5. The zero-order valence-corrected chi connectivity index (χ0v) is 28.5. The first-order valence-corrected chi connectivity index (χ1v) is 18.1. The van der Waals surface area contributed by atoms with Crippen LogP contribution in [0.15, 0.2) is 192 Å². The summed E-state index contributed by atoms with van der Waals surface area (Å²) >= 11 is 1.85. The van der Waals surface area contributed by atoms with Gasteiger partial charge < -0.3 is 9.32 Å². The molecule has 0 fully saturated rings. The van der Waals surface area contributed by atoms with Crippen LogP contribution in [-0.4, -0.2) is 0 Å². The van der Waals surface area contributed by atoms with Crippen LogP contribution in [0.25, 0.3) is 75.5 Å². The highest BCUT2D eigenvalue weighted by Crippen LogP contribution is 2.48. The molecule has 0 amide bonds. The molecule has 2 heterocycles. The molecule has 10 rings (SSSR count). The minimum Gasteiger partial charge on any atom is -0.455 e. The summed E-state index contributed by atoms with van der Waals surface area (Å²) in [6, 6.07) is 67.2. The molecule has 2 nitrogen and oxygen atoms in total. The maximum Gasteiger partial charge on any atom is 0.145 e. The second-order valence-corrected chi connectivity index (χ2v) is 14.0. The zero-order chi connectivity index (χ0) is 33.7. The maximum absolute atomic E-state index is 6.85. The molecule has 0 N–H and O–H groups in total. The van der Waals surface area contributed by atoms with E-state index in [0.717, 1.165) is 50.1 Å². The van der Waals surface area contributed by atoms with E-state index in [9.17, 15) is 0 Å². The highest BCUT2D eigenvalue weighted by molar-refractivity contribution is 7.25. The molecule has 0 aliphatic heterocycles. The Hall–Kier alpha value is -6.42. The highest BCUT2D eigenvalue weighted by Gasteiger charge is 2.23. The standard InChI is InChI=1S/C48H31NOS/c1-3-13-32(14-4-1)33-23-26-36(27-24-33)49(35-15-5-2-6-16-35)43-30-29-41(48-47(43)42-20-9-11-21-44(42)50-48)38-18-8-7-17-37(38)34-25-28-40-39-19-10-12-22-45(39)51-46(40)31-34/h1-31H. The summed E-state index contributed by atoms with van der Waals surface area (Å²) in [5, 5.41) is 4.80. The summed E-state index contributed by atoms with van der Waals surface area (Å²) in [6.45, 7) is 0. The molecule has 3 heteroatoms. The highest BCUT2D eigenvalue weighted by atomic mass is 32.1. The Morgan fingerprint density at radius 1 is 0.392 bits per heavy atom. The summed E-state index contributed by atoms with van der Waals surface area (Å²) < 4.78 is 9.46. The van der Waals surface area contributed by atoms with Crippen LogP contribution in [0, 0.1) is 0 Å². The molecule has 2 aromatic heterocycles. The number of hydrogen-bond donors (Lipinski definition) is 0. The van der Waals surface area contributed by atoms with E-state index in [4.69, 9.17) is 4.42 Å². The Morgan fingerprint density at radius 2 is 1.00 bits per heavy atom. The Morgan fingerprint density at radius 3 is 1.82 bits per heavy atom. The van der Waals surface area contributed by atoms with Crippen LogP contribution in [0.5, 0.6) is 0 Å². The van der Waals surface area contributed by atoms with Gasteiger partial charge in [0.25, 0.3) is 0 Å². The van der Waals surface area contributed by atoms with E-state index in [2.05, 4.69) is 193 Å². The molecule has 0 saturated carbocycles. The first-order valence-electron chi connectivity index (χ1n) is 17.3. The summed E-state index contributed by atoms with van der Waals surface area (Å²) in [4.78, 5) is 2.35. The Kier molecular flexibility index (Phi) is 7.04. The number of thiophene rings is 1. The van der Waals surface area contributed by atoms with Gasteiger partial charge in [-0.1, -0.05) is 133 Å². The molecule has 10 aromatic rings. The largest absolute Gasteiger partial charge is 0.455 e. The van der Waals surface area contributed by atoms with Crippen LogP contribution >= 0.6 is 11.3 Å². The molecule has 0 saturated heterocycles. The van der Waals surface area contributed by atoms with E-state index in [1.54, 1.807) is 0 Å². The van der Waals surface area contributed by atoms with E-state index in [1.165, 1.54) is 42.4 Å². The zero-order valence-electron chi connectivity index (χ0n) is 27.7. The Balaban J connectivity index is 1.17. The molecule has 240 valence electrons. The van der Waals surface area contributed by atoms with Crippen molar-refractivity contribution in [1.29, 1.82) is 0 Å². The van der Waals surface area contributed by atoms with Crippen LogP contribution in [0.1, 0.15) is 0 Å². The number of furan rings is 1. The molecule has 0 spiro atoms. The second kappa shape index (κ2) is 12.2. The molecule has 0 aliphatic carbocycles. The fraction of sp³-hybridized carbons (Fsp3) is 0. The predicted molar refractivity (Wildman–Crippen MR) is 218 cm³/mol. The van der Waals surface area contributed by atoms with Crippen LogP contribution < -0.4 is 4.90 Å². The molecule has 8 aromatic carbocycles. The molecule has 0 bridgehead atoms. The van der Waals surface area contributed by atoms with Crippen molar-refractivity contribution in [3.05, 3.63) is 188 Å². The van der Waals surface area contributed by atoms with Gasteiger partial charge in [0.2, 0.25) is 0 Å². The van der Waals surface area contributed by atoms with Crippen LogP contribution in [-0.2, 0) is 0 Å². The summed E-state index contributed by atoms with van der Waals surface area (Å²) in [5.74, 6) is 0. The van der Waals surface area contributed by atoms with Gasteiger partial charge in [0.15, 0.2) is 0 Å². The van der Waals surface area contributed by atoms with Gasteiger partial charge in [0, 0.05) is 42.5 Å². The van der Waals surface area contributed by atoms with Crippen LogP contribution in [0.2, 0.25) is 0 Å². The second-order valence-electron chi connectivity index (χ2n) is 12.9. The quantitative estimate of drug-likeness (QED) is 0.175. The summed E-state index contributed by atoms with van der Waals surface area (Å²) in [6.07, 6.45) is 0. The smallest absolute Gasteiger partial charge is 0.145 e. The minimum atomic E-state index is 0.873. The average molecular weight is 670 g/mol. The first kappa shape index (κ1) is 29.5. The number of rotatable bonds is 6. The molecular formula is C48H31NOS. The predicted octanol–water partition coefficient (Wildman–Crippen LogP) is 14.4. The van der Waals surface area contributed by atoms with E-state index >= 15 is 0 Å². The molecule has 0 aliphatic rings. The molecule has 0 unspecified atom stereocenters. The van der Waals surface area contributed by atoms with Crippen molar-refractivity contribution in [2.24, 2.45) is 0 Å². The van der Waals surface area contributed by atoms with Crippen molar-refractivity contribution in [1.82, 2.24) is 0 Å². The van der Waals surface area contributed by atoms with Crippen molar-refractivity contribution in [3.8, 4) is 33.4 Å². The third kappa shape index (κ3) is 5.01.